The van der Waals surface area contributed by atoms with Gasteiger partial charge in [-0.2, -0.15) is 0 Å². The Balaban J connectivity index is 0.000000291. The van der Waals surface area contributed by atoms with Crippen LogP contribution in [0.25, 0.3) is 10.9 Å². The number of carbonyl (C=O) groups excluding carboxylic acids is 1. The minimum atomic E-state index is -3.79. The number of nitrogen functional groups attached to an aromatic ring is 1. The fourth-order valence-electron chi connectivity index (χ4n) is 4.42. The molecule has 0 aliphatic carbocycles. The van der Waals surface area contributed by atoms with Crippen LogP contribution >= 0.6 is 0 Å². The first-order chi connectivity index (χ1) is 21.2. The number of nitrogens with two attached hydrogens (primary N) is 1. The van der Waals surface area contributed by atoms with Crippen molar-refractivity contribution in [1.82, 2.24) is 19.7 Å². The molecule has 3 aromatic carbocycles. The molecule has 3 N–H and O–H groups in total. The Morgan fingerprint density at radius 3 is 2.57 bits per heavy atom. The van der Waals surface area contributed by atoms with Gasteiger partial charge in [-0.1, -0.05) is 54.6 Å². The van der Waals surface area contributed by atoms with Gasteiger partial charge in [0.1, 0.15) is 11.5 Å². The Bertz CT molecular complexity index is 1730. The summed E-state index contributed by atoms with van der Waals surface area (Å²) in [5, 5.41) is 8.17. The molecule has 1 amide bonds. The average Bonchev–Trinajstić information content (AvgIpc) is 3.55. The van der Waals surface area contributed by atoms with Crippen molar-refractivity contribution < 1.29 is 27.8 Å². The second kappa shape index (κ2) is 13.4. The van der Waals surface area contributed by atoms with E-state index in [1.54, 1.807) is 0 Å². The number of hydrogen-bond donors (Lipinski definition) is 2. The number of fused-ring (bicyclic) bond motifs is 2. The molecular weight excluding hydrogens is 570 g/mol. The zero-order valence-corrected chi connectivity index (χ0v) is 24.2. The maximum atomic E-state index is 13.5. The number of aromatic nitrogens is 3. The van der Waals surface area contributed by atoms with Gasteiger partial charge in [-0.05, 0) is 56.4 Å². The number of benzene rings is 3. The lowest BCUT2D eigenvalue weighted by molar-refractivity contribution is -0.286. The van der Waals surface area contributed by atoms with Crippen molar-refractivity contribution in [3.05, 3.63) is 102 Å². The zero-order valence-electron chi connectivity index (χ0n) is 24.2. The minimum absolute atomic E-state index is 0.0654. The molecule has 0 radical (unpaired) electrons. The Hall–Kier alpha value is -5.23. The first-order valence-electron chi connectivity index (χ1n) is 13.9. The number of pyridine rings is 1. The Labute approximate surface area is 253 Å². The quantitative estimate of drug-likeness (QED) is 0.208. The molecule has 0 fully saturated rings. The fraction of sp³-hybridized carbons (Fsp3) is 0.219. The molecule has 1 aliphatic rings. The summed E-state index contributed by atoms with van der Waals surface area (Å²) in [6.45, 7) is 1.62. The van der Waals surface area contributed by atoms with Crippen molar-refractivity contribution in [3.8, 4) is 17.4 Å². The Morgan fingerprint density at radius 2 is 1.77 bits per heavy atom. The third-order valence-corrected chi connectivity index (χ3v) is 6.46. The summed E-state index contributed by atoms with van der Waals surface area (Å²) in [7, 11) is 3.95. The van der Waals surface area contributed by atoms with Crippen LogP contribution in [0.1, 0.15) is 22.5 Å². The number of ether oxygens (including phenoxy) is 3. The van der Waals surface area contributed by atoms with Crippen LogP contribution in [0.3, 0.4) is 0 Å². The third-order valence-electron chi connectivity index (χ3n) is 6.46. The number of amides is 1. The molecule has 12 heteroatoms. The minimum Gasteiger partial charge on any atom is -0.477 e. The van der Waals surface area contributed by atoms with Crippen LogP contribution in [0.4, 0.5) is 20.3 Å². The van der Waals surface area contributed by atoms with Crippen molar-refractivity contribution in [2.45, 2.75) is 19.3 Å². The normalized spacial score (nSPS) is 12.9. The molecule has 0 saturated heterocycles. The molecular formula is C32H32F2N6O4. The number of halogens is 2. The van der Waals surface area contributed by atoms with Gasteiger partial charge < -0.3 is 30.2 Å². The molecule has 0 unspecified atom stereocenters. The highest BCUT2D eigenvalue weighted by molar-refractivity contribution is 6.04. The fourth-order valence-corrected chi connectivity index (χ4v) is 4.42. The lowest BCUT2D eigenvalue weighted by Crippen LogP contribution is -2.26. The third kappa shape index (κ3) is 7.78. The van der Waals surface area contributed by atoms with Gasteiger partial charge >= 0.3 is 6.29 Å². The van der Waals surface area contributed by atoms with E-state index in [-0.39, 0.29) is 22.9 Å². The molecule has 0 bridgehead atoms. The van der Waals surface area contributed by atoms with Gasteiger partial charge in [0.2, 0.25) is 5.88 Å². The number of rotatable bonds is 9. The molecule has 3 heterocycles. The van der Waals surface area contributed by atoms with Crippen LogP contribution < -0.4 is 25.3 Å². The van der Waals surface area contributed by atoms with E-state index in [1.807, 2.05) is 85.7 Å². The van der Waals surface area contributed by atoms with Crippen LogP contribution in [-0.2, 0) is 6.54 Å². The number of hydrogen-bond acceptors (Lipinski definition) is 8. The monoisotopic (exact) mass is 602 g/mol. The molecule has 2 aromatic heterocycles. The maximum absolute atomic E-state index is 13.5. The number of para-hydroxylation sites is 2. The summed E-state index contributed by atoms with van der Waals surface area (Å²) >= 11 is 0. The molecule has 44 heavy (non-hydrogen) atoms. The van der Waals surface area contributed by atoms with Crippen LogP contribution in [0, 0.1) is 0 Å². The van der Waals surface area contributed by atoms with Gasteiger partial charge in [0.05, 0.1) is 24.4 Å². The summed E-state index contributed by atoms with van der Waals surface area (Å²) in [5.74, 6) is -0.0534. The smallest absolute Gasteiger partial charge is 0.477 e. The summed E-state index contributed by atoms with van der Waals surface area (Å²) in [6, 6.07) is 27.0. The summed E-state index contributed by atoms with van der Waals surface area (Å²) in [6.07, 6.45) is -2.99. The highest BCUT2D eigenvalue weighted by atomic mass is 19.3. The first kappa shape index (κ1) is 30.2. The molecule has 0 saturated carbocycles. The van der Waals surface area contributed by atoms with E-state index in [1.165, 1.54) is 28.9 Å². The van der Waals surface area contributed by atoms with Crippen molar-refractivity contribution >= 4 is 28.3 Å². The van der Waals surface area contributed by atoms with Gasteiger partial charge in [0.15, 0.2) is 11.5 Å². The van der Waals surface area contributed by atoms with E-state index in [0.717, 1.165) is 29.4 Å². The summed E-state index contributed by atoms with van der Waals surface area (Å²) in [5.41, 5.74) is 7.68. The van der Waals surface area contributed by atoms with Crippen LogP contribution in [0.5, 0.6) is 17.4 Å². The van der Waals surface area contributed by atoms with E-state index in [0.29, 0.717) is 24.8 Å². The molecule has 10 nitrogen and oxygen atoms in total. The van der Waals surface area contributed by atoms with E-state index in [2.05, 4.69) is 24.9 Å². The number of alkyl halides is 2. The number of nitrogens with zero attached hydrogens (tertiary/aromatic N) is 4. The summed E-state index contributed by atoms with van der Waals surface area (Å²) < 4.78 is 43.2. The lowest BCUT2D eigenvalue weighted by Gasteiger charge is -2.10. The number of anilines is 2. The van der Waals surface area contributed by atoms with Crippen LogP contribution in [-0.4, -0.2) is 59.1 Å². The molecule has 0 spiro atoms. The van der Waals surface area contributed by atoms with E-state index in [4.69, 9.17) is 10.5 Å². The van der Waals surface area contributed by atoms with Gasteiger partial charge in [-0.25, -0.2) is 4.98 Å². The van der Waals surface area contributed by atoms with Gasteiger partial charge in [-0.15, -0.1) is 13.9 Å². The van der Waals surface area contributed by atoms with E-state index < -0.39 is 12.2 Å². The van der Waals surface area contributed by atoms with Gasteiger partial charge in [-0.3, -0.25) is 9.48 Å². The van der Waals surface area contributed by atoms with Crippen molar-refractivity contribution in [3.63, 3.8) is 0 Å². The average molecular weight is 603 g/mol. The van der Waals surface area contributed by atoms with Crippen LogP contribution in [0.2, 0.25) is 0 Å². The summed E-state index contributed by atoms with van der Waals surface area (Å²) in [4.78, 5) is 19.3. The second-order valence-corrected chi connectivity index (χ2v) is 10.2. The van der Waals surface area contributed by atoms with Crippen molar-refractivity contribution in [2.75, 3.05) is 38.3 Å². The topological polar surface area (TPSA) is 117 Å². The predicted octanol–water partition coefficient (Wildman–Crippen LogP) is 5.65. The number of carbonyl (C=O) groups is 1. The van der Waals surface area contributed by atoms with E-state index >= 15 is 0 Å². The lowest BCUT2D eigenvalue weighted by atomic mass is 10.2. The maximum Gasteiger partial charge on any atom is 0.586 e. The molecule has 5 aromatic rings. The first-order valence-corrected chi connectivity index (χ1v) is 13.9. The highest BCUT2D eigenvalue weighted by Crippen LogP contribution is 2.45. The Morgan fingerprint density at radius 1 is 1.00 bits per heavy atom. The number of nitrogens with one attached hydrogen (secondary N) is 1. The molecule has 6 rings (SSSR count). The van der Waals surface area contributed by atoms with Crippen molar-refractivity contribution in [1.29, 1.82) is 0 Å². The highest BCUT2D eigenvalue weighted by Gasteiger charge is 2.44. The van der Waals surface area contributed by atoms with Crippen LogP contribution in [0.15, 0.2) is 91.0 Å². The molecule has 1 aliphatic heterocycles. The SMILES string of the molecule is CN(C)CCCOc1cc(C(=O)Nc2cccc3c2OC(F)(F)O3)n(Cc2ccccc2)n1.Nc1ccc2ccccc2n1. The molecule has 0 atom stereocenters. The second-order valence-electron chi connectivity index (χ2n) is 10.2. The zero-order chi connectivity index (χ0) is 31.1. The Kier molecular flexibility index (Phi) is 9.20. The molecule has 228 valence electrons. The standard InChI is InChI=1S/C23H24F2N4O4.C9H8N2/c1-28(2)12-7-13-31-20-14-18(29(27-20)15-16-8-4-3-5-9-16)22(30)26-17-10-6-11-19-21(17)33-23(24,25)32-19;10-9-6-5-7-3-1-2-4-8(7)11-9/h3-6,8-11,14H,7,12-13,15H2,1-2H3,(H,26,30);1-6H,(H2,10,11). The van der Waals surface area contributed by atoms with E-state index in [9.17, 15) is 13.6 Å². The van der Waals surface area contributed by atoms with Crippen molar-refractivity contribution in [2.24, 2.45) is 0 Å². The van der Waals surface area contributed by atoms with Gasteiger partial charge in [0, 0.05) is 18.0 Å². The van der Waals surface area contributed by atoms with Gasteiger partial charge in [0.25, 0.3) is 5.91 Å². The predicted molar refractivity (Wildman–Crippen MR) is 163 cm³/mol. The largest absolute Gasteiger partial charge is 0.586 e.